The molecule has 0 aromatic heterocycles. The third-order valence-corrected chi connectivity index (χ3v) is 3.45. The van der Waals surface area contributed by atoms with Crippen LogP contribution in [0.25, 0.3) is 0 Å². The second-order valence-corrected chi connectivity index (χ2v) is 6.15. The third kappa shape index (κ3) is 5.09. The van der Waals surface area contributed by atoms with Gasteiger partial charge in [-0.3, -0.25) is 10.1 Å². The number of nitrogens with two attached hydrogens (primary N) is 1. The number of primary sulfonamides is 1. The van der Waals surface area contributed by atoms with E-state index in [-0.39, 0.29) is 29.0 Å². The SMILES string of the molecule is NS(=O)(=O)CCCOc1c(Br)cc(F)cc1[N+](=O)[O-]. The summed E-state index contributed by atoms with van der Waals surface area (Å²) >= 11 is 2.95. The Hall–Kier alpha value is -1.26. The lowest BCUT2D eigenvalue weighted by Gasteiger charge is -2.08. The Morgan fingerprint density at radius 3 is 2.63 bits per heavy atom. The van der Waals surface area contributed by atoms with Crippen molar-refractivity contribution in [3.05, 3.63) is 32.5 Å². The normalized spacial score (nSPS) is 11.3. The first-order valence-electron chi connectivity index (χ1n) is 4.97. The van der Waals surface area contributed by atoms with Crippen LogP contribution in [0.3, 0.4) is 0 Å². The molecule has 0 saturated heterocycles. The molecule has 0 aliphatic carbocycles. The summed E-state index contributed by atoms with van der Waals surface area (Å²) in [5, 5.41) is 15.5. The number of rotatable bonds is 6. The standard InChI is InChI=1S/C9H10BrFN2O5S/c10-7-4-6(11)5-8(13(14)15)9(7)18-2-1-3-19(12,16)17/h4-5H,1-3H2,(H2,12,16,17). The molecule has 0 bridgehead atoms. The Balaban J connectivity index is 2.80. The zero-order valence-corrected chi connectivity index (χ0v) is 11.9. The molecule has 7 nitrogen and oxygen atoms in total. The highest BCUT2D eigenvalue weighted by Crippen LogP contribution is 2.35. The number of halogens is 2. The summed E-state index contributed by atoms with van der Waals surface area (Å²) in [6.45, 7) is -0.0957. The van der Waals surface area contributed by atoms with Crippen molar-refractivity contribution in [2.24, 2.45) is 5.14 Å². The maximum atomic E-state index is 13.0. The van der Waals surface area contributed by atoms with E-state index < -0.39 is 26.5 Å². The Bertz CT molecular complexity index is 593. The van der Waals surface area contributed by atoms with Gasteiger partial charge in [-0.15, -0.1) is 0 Å². The number of nitrogens with zero attached hydrogens (tertiary/aromatic N) is 1. The topological polar surface area (TPSA) is 113 Å². The molecule has 0 atom stereocenters. The first kappa shape index (κ1) is 15.8. The maximum absolute atomic E-state index is 13.0. The number of sulfonamides is 1. The van der Waals surface area contributed by atoms with Crippen molar-refractivity contribution in [3.8, 4) is 5.75 Å². The van der Waals surface area contributed by atoms with E-state index >= 15 is 0 Å². The molecule has 1 rings (SSSR count). The summed E-state index contributed by atoms with van der Waals surface area (Å²) in [7, 11) is -3.61. The fourth-order valence-corrected chi connectivity index (χ4v) is 2.32. The van der Waals surface area contributed by atoms with Crippen LogP contribution in [0, 0.1) is 15.9 Å². The van der Waals surface area contributed by atoms with Crippen molar-refractivity contribution in [1.29, 1.82) is 0 Å². The van der Waals surface area contributed by atoms with Gasteiger partial charge in [0.2, 0.25) is 15.8 Å². The second-order valence-electron chi connectivity index (χ2n) is 3.56. The molecule has 1 aromatic carbocycles. The maximum Gasteiger partial charge on any atom is 0.315 e. The van der Waals surface area contributed by atoms with Crippen LogP contribution in [0.5, 0.6) is 5.75 Å². The summed E-state index contributed by atoms with van der Waals surface area (Å²) in [5.74, 6) is -1.24. The van der Waals surface area contributed by atoms with Gasteiger partial charge in [0.15, 0.2) is 0 Å². The smallest absolute Gasteiger partial charge is 0.315 e. The van der Waals surface area contributed by atoms with Gasteiger partial charge in [0.1, 0.15) is 5.82 Å². The van der Waals surface area contributed by atoms with Crippen molar-refractivity contribution in [2.45, 2.75) is 6.42 Å². The van der Waals surface area contributed by atoms with Gasteiger partial charge >= 0.3 is 5.69 Å². The minimum absolute atomic E-state index is 0.0693. The van der Waals surface area contributed by atoms with Gasteiger partial charge in [-0.2, -0.15) is 0 Å². The van der Waals surface area contributed by atoms with Gasteiger partial charge in [0.25, 0.3) is 0 Å². The molecule has 0 fully saturated rings. The molecule has 0 heterocycles. The first-order chi connectivity index (χ1) is 8.70. The third-order valence-electron chi connectivity index (χ3n) is 2.01. The zero-order chi connectivity index (χ0) is 14.6. The van der Waals surface area contributed by atoms with Gasteiger partial charge in [0.05, 0.1) is 27.8 Å². The van der Waals surface area contributed by atoms with E-state index in [0.29, 0.717) is 0 Å². The number of benzene rings is 1. The summed E-state index contributed by atoms with van der Waals surface area (Å²) in [6.07, 6.45) is 0.0693. The molecular weight excluding hydrogens is 347 g/mol. The Labute approximate surface area is 116 Å². The van der Waals surface area contributed by atoms with Crippen LogP contribution in [0.1, 0.15) is 6.42 Å². The molecule has 1 aromatic rings. The van der Waals surface area contributed by atoms with Crippen LogP contribution >= 0.6 is 15.9 Å². The van der Waals surface area contributed by atoms with Crippen LogP contribution in [-0.4, -0.2) is 25.7 Å². The van der Waals surface area contributed by atoms with Crippen LogP contribution in [0.4, 0.5) is 10.1 Å². The van der Waals surface area contributed by atoms with Crippen LogP contribution in [0.15, 0.2) is 16.6 Å². The summed E-state index contributed by atoms with van der Waals surface area (Å²) in [6, 6.07) is 1.74. The molecule has 0 spiro atoms. The highest BCUT2D eigenvalue weighted by atomic mass is 79.9. The molecule has 0 aliphatic rings. The van der Waals surface area contributed by atoms with Crippen molar-refractivity contribution >= 4 is 31.6 Å². The lowest BCUT2D eigenvalue weighted by atomic mass is 10.3. The molecular formula is C9H10BrFN2O5S. The summed E-state index contributed by atoms with van der Waals surface area (Å²) in [4.78, 5) is 9.95. The Morgan fingerprint density at radius 1 is 1.47 bits per heavy atom. The highest BCUT2D eigenvalue weighted by molar-refractivity contribution is 9.10. The summed E-state index contributed by atoms with van der Waals surface area (Å²) < 4.78 is 39.6. The minimum atomic E-state index is -3.61. The van der Waals surface area contributed by atoms with Crippen LogP contribution in [-0.2, 0) is 10.0 Å². The van der Waals surface area contributed by atoms with E-state index in [4.69, 9.17) is 9.88 Å². The van der Waals surface area contributed by atoms with Gasteiger partial charge in [-0.1, -0.05) is 0 Å². The van der Waals surface area contributed by atoms with Crippen LogP contribution < -0.4 is 9.88 Å². The van der Waals surface area contributed by atoms with Gasteiger partial charge in [-0.05, 0) is 28.4 Å². The van der Waals surface area contributed by atoms with E-state index in [1.807, 2.05) is 0 Å². The predicted molar refractivity (Wildman–Crippen MR) is 68.8 cm³/mol. The highest BCUT2D eigenvalue weighted by Gasteiger charge is 2.20. The average Bonchev–Trinajstić information content (AvgIpc) is 2.24. The van der Waals surface area contributed by atoms with E-state index in [1.54, 1.807) is 0 Å². The molecule has 0 amide bonds. The van der Waals surface area contributed by atoms with E-state index in [1.165, 1.54) is 0 Å². The average molecular weight is 357 g/mol. The largest absolute Gasteiger partial charge is 0.486 e. The molecule has 2 N–H and O–H groups in total. The lowest BCUT2D eigenvalue weighted by molar-refractivity contribution is -0.386. The zero-order valence-electron chi connectivity index (χ0n) is 9.51. The van der Waals surface area contributed by atoms with Crippen molar-refractivity contribution in [2.75, 3.05) is 12.4 Å². The molecule has 10 heteroatoms. The minimum Gasteiger partial charge on any atom is -0.486 e. The quantitative estimate of drug-likeness (QED) is 0.472. The molecule has 0 unspecified atom stereocenters. The number of nitro benzene ring substituents is 1. The molecule has 19 heavy (non-hydrogen) atoms. The van der Waals surface area contributed by atoms with Gasteiger partial charge in [0, 0.05) is 0 Å². The fraction of sp³-hybridized carbons (Fsp3) is 0.333. The van der Waals surface area contributed by atoms with Gasteiger partial charge < -0.3 is 4.74 Å². The van der Waals surface area contributed by atoms with Gasteiger partial charge in [-0.25, -0.2) is 17.9 Å². The monoisotopic (exact) mass is 356 g/mol. The number of nitro groups is 1. The fourth-order valence-electron chi connectivity index (χ4n) is 1.26. The number of ether oxygens (including phenoxy) is 1. The van der Waals surface area contributed by atoms with Crippen LogP contribution in [0.2, 0.25) is 0 Å². The van der Waals surface area contributed by atoms with Crippen molar-refractivity contribution in [1.82, 2.24) is 0 Å². The Kier molecular flexibility index (Phi) is 5.20. The Morgan fingerprint density at radius 2 is 2.11 bits per heavy atom. The predicted octanol–water partition coefficient (Wildman–Crippen LogP) is 1.55. The van der Waals surface area contributed by atoms with E-state index in [0.717, 1.165) is 12.1 Å². The number of hydrogen-bond acceptors (Lipinski definition) is 5. The van der Waals surface area contributed by atoms with Crippen molar-refractivity contribution in [3.63, 3.8) is 0 Å². The van der Waals surface area contributed by atoms with Crippen molar-refractivity contribution < 1.29 is 22.5 Å². The number of hydrogen-bond donors (Lipinski definition) is 1. The first-order valence-corrected chi connectivity index (χ1v) is 7.48. The molecule has 0 radical (unpaired) electrons. The summed E-state index contributed by atoms with van der Waals surface area (Å²) in [5.41, 5.74) is -0.539. The van der Waals surface area contributed by atoms with E-state index in [9.17, 15) is 22.9 Å². The van der Waals surface area contributed by atoms with E-state index in [2.05, 4.69) is 15.9 Å². The second kappa shape index (κ2) is 6.26. The molecule has 106 valence electrons. The lowest BCUT2D eigenvalue weighted by Crippen LogP contribution is -2.18. The molecule has 0 aliphatic heterocycles. The molecule has 0 saturated carbocycles.